The number of nitrogens with zero attached hydrogens (tertiary/aromatic N) is 1. The lowest BCUT2D eigenvalue weighted by atomic mass is 10.0. The zero-order valence-electron chi connectivity index (χ0n) is 10.9. The van der Waals surface area contributed by atoms with Gasteiger partial charge in [0.05, 0.1) is 12.1 Å². The van der Waals surface area contributed by atoms with Gasteiger partial charge in [-0.1, -0.05) is 18.2 Å². The van der Waals surface area contributed by atoms with E-state index in [2.05, 4.69) is 26.0 Å². The summed E-state index contributed by atoms with van der Waals surface area (Å²) in [6.45, 7) is 5.31. The predicted octanol–water partition coefficient (Wildman–Crippen LogP) is 0.724. The Hall–Kier alpha value is -1.39. The third kappa shape index (κ3) is 2.54. The van der Waals surface area contributed by atoms with Crippen molar-refractivity contribution < 1.29 is 9.90 Å². The van der Waals surface area contributed by atoms with Gasteiger partial charge in [0.15, 0.2) is 0 Å². The first kappa shape index (κ1) is 13.1. The van der Waals surface area contributed by atoms with E-state index >= 15 is 0 Å². The van der Waals surface area contributed by atoms with Crippen LogP contribution < -0.4 is 5.73 Å². The van der Waals surface area contributed by atoms with Crippen molar-refractivity contribution in [3.8, 4) is 0 Å². The predicted molar refractivity (Wildman–Crippen MR) is 69.9 cm³/mol. The number of rotatable bonds is 3. The number of aliphatic hydroxyl groups is 1. The van der Waals surface area contributed by atoms with E-state index in [0.29, 0.717) is 19.5 Å². The highest BCUT2D eigenvalue weighted by atomic mass is 16.3. The van der Waals surface area contributed by atoms with E-state index in [4.69, 9.17) is 5.73 Å². The molecule has 0 aromatic heterocycles. The second-order valence-corrected chi connectivity index (χ2v) is 5.11. The molecule has 2 atom stereocenters. The fourth-order valence-corrected chi connectivity index (χ4v) is 2.65. The van der Waals surface area contributed by atoms with E-state index in [1.165, 1.54) is 16.7 Å². The summed E-state index contributed by atoms with van der Waals surface area (Å²) >= 11 is 0. The molecule has 0 spiro atoms. The van der Waals surface area contributed by atoms with Crippen LogP contribution in [0, 0.1) is 13.8 Å². The number of hydrogen-bond donors (Lipinski definition) is 2. The number of aliphatic hydroxyl groups excluding tert-OH is 1. The van der Waals surface area contributed by atoms with E-state index in [1.54, 1.807) is 0 Å². The quantitative estimate of drug-likeness (QED) is 0.828. The lowest BCUT2D eigenvalue weighted by molar-refractivity contribution is -0.122. The maximum absolute atomic E-state index is 11.4. The third-order valence-electron chi connectivity index (χ3n) is 3.72. The van der Waals surface area contributed by atoms with Gasteiger partial charge in [-0.25, -0.2) is 0 Å². The monoisotopic (exact) mass is 248 g/mol. The van der Waals surface area contributed by atoms with E-state index < -0.39 is 6.10 Å². The molecule has 1 heterocycles. The molecule has 0 aliphatic carbocycles. The van der Waals surface area contributed by atoms with Crippen LogP contribution >= 0.6 is 0 Å². The average molecular weight is 248 g/mol. The Balaban J connectivity index is 2.20. The number of amides is 1. The van der Waals surface area contributed by atoms with Gasteiger partial charge >= 0.3 is 0 Å². The molecule has 1 aliphatic heterocycles. The third-order valence-corrected chi connectivity index (χ3v) is 3.72. The Morgan fingerprint density at radius 3 is 2.61 bits per heavy atom. The number of benzene rings is 1. The van der Waals surface area contributed by atoms with Crippen molar-refractivity contribution in [2.45, 2.75) is 39.0 Å². The minimum Gasteiger partial charge on any atom is -0.392 e. The van der Waals surface area contributed by atoms with Gasteiger partial charge < -0.3 is 10.8 Å². The lowest BCUT2D eigenvalue weighted by Crippen LogP contribution is -2.40. The van der Waals surface area contributed by atoms with Gasteiger partial charge in [0.2, 0.25) is 5.91 Å². The molecule has 1 fully saturated rings. The molecular formula is C14H20N2O2. The fourth-order valence-electron chi connectivity index (χ4n) is 2.65. The first-order chi connectivity index (χ1) is 8.49. The standard InChI is InChI=1S/C14H20N2O2/c1-9-4-3-5-10(2)12(9)8-16-7-11(17)6-13(16)14(15)18/h3-5,11,13,17H,6-8H2,1-2H3,(H2,15,18)/t11-,13-/m1/s1. The summed E-state index contributed by atoms with van der Waals surface area (Å²) in [4.78, 5) is 13.4. The van der Waals surface area contributed by atoms with E-state index in [1.807, 2.05) is 11.0 Å². The zero-order valence-corrected chi connectivity index (χ0v) is 10.9. The van der Waals surface area contributed by atoms with Gasteiger partial charge in [0, 0.05) is 13.1 Å². The van der Waals surface area contributed by atoms with Crippen LogP contribution in [0.2, 0.25) is 0 Å². The minimum absolute atomic E-state index is 0.348. The maximum atomic E-state index is 11.4. The Kier molecular flexibility index (Phi) is 3.68. The summed E-state index contributed by atoms with van der Waals surface area (Å²) < 4.78 is 0. The first-order valence-electron chi connectivity index (χ1n) is 6.25. The zero-order chi connectivity index (χ0) is 13.3. The number of β-amino-alcohol motifs (C(OH)–C–C–N with tert-alkyl or cyclic N) is 1. The highest BCUT2D eigenvalue weighted by Gasteiger charge is 2.34. The molecule has 4 heteroatoms. The van der Waals surface area contributed by atoms with Gasteiger partial charge in [0.25, 0.3) is 0 Å². The van der Waals surface area contributed by atoms with Crippen molar-refractivity contribution in [2.24, 2.45) is 5.73 Å². The molecule has 2 rings (SSSR count). The summed E-state index contributed by atoms with van der Waals surface area (Å²) in [7, 11) is 0. The molecule has 1 aliphatic rings. The topological polar surface area (TPSA) is 66.6 Å². The molecule has 98 valence electrons. The highest BCUT2D eigenvalue weighted by Crippen LogP contribution is 2.23. The summed E-state index contributed by atoms with van der Waals surface area (Å²) in [5.41, 5.74) is 9.02. The summed E-state index contributed by atoms with van der Waals surface area (Å²) in [6, 6.07) is 5.81. The number of likely N-dealkylation sites (tertiary alicyclic amines) is 1. The van der Waals surface area contributed by atoms with Crippen LogP contribution in [0.15, 0.2) is 18.2 Å². The Labute approximate surface area is 107 Å². The molecule has 1 amide bonds. The summed E-state index contributed by atoms with van der Waals surface area (Å²) in [6.07, 6.45) is -0.00731. The maximum Gasteiger partial charge on any atom is 0.234 e. The molecule has 1 aromatic carbocycles. The normalized spacial score (nSPS) is 24.4. The van der Waals surface area contributed by atoms with Crippen LogP contribution in [0.5, 0.6) is 0 Å². The molecule has 4 nitrogen and oxygen atoms in total. The molecule has 0 saturated carbocycles. The van der Waals surface area contributed by atoms with Crippen molar-refractivity contribution in [1.82, 2.24) is 4.90 Å². The number of nitrogens with two attached hydrogens (primary N) is 1. The molecule has 0 unspecified atom stereocenters. The van der Waals surface area contributed by atoms with Crippen LogP contribution in [0.3, 0.4) is 0 Å². The van der Waals surface area contributed by atoms with Gasteiger partial charge in [-0.05, 0) is 37.0 Å². The van der Waals surface area contributed by atoms with Crippen LogP contribution in [-0.4, -0.2) is 34.6 Å². The minimum atomic E-state index is -0.452. The molecule has 1 saturated heterocycles. The Morgan fingerprint density at radius 2 is 2.06 bits per heavy atom. The van der Waals surface area contributed by atoms with Gasteiger partial charge in [0.1, 0.15) is 0 Å². The first-order valence-corrected chi connectivity index (χ1v) is 6.25. The van der Waals surface area contributed by atoms with Crippen molar-refractivity contribution in [1.29, 1.82) is 0 Å². The fraction of sp³-hybridized carbons (Fsp3) is 0.500. The van der Waals surface area contributed by atoms with Crippen LogP contribution in [0.4, 0.5) is 0 Å². The van der Waals surface area contributed by atoms with Crippen LogP contribution in [-0.2, 0) is 11.3 Å². The highest BCUT2D eigenvalue weighted by molar-refractivity contribution is 5.80. The van der Waals surface area contributed by atoms with E-state index in [9.17, 15) is 9.90 Å². The second kappa shape index (κ2) is 5.08. The number of carbonyl (C=O) groups is 1. The lowest BCUT2D eigenvalue weighted by Gasteiger charge is -2.23. The molecule has 1 aromatic rings. The van der Waals surface area contributed by atoms with Crippen LogP contribution in [0.25, 0.3) is 0 Å². The Morgan fingerprint density at radius 1 is 1.44 bits per heavy atom. The van der Waals surface area contributed by atoms with Gasteiger partial charge in [-0.15, -0.1) is 0 Å². The smallest absolute Gasteiger partial charge is 0.234 e. The van der Waals surface area contributed by atoms with Crippen molar-refractivity contribution in [3.05, 3.63) is 34.9 Å². The second-order valence-electron chi connectivity index (χ2n) is 5.11. The molecule has 0 radical (unpaired) electrons. The summed E-state index contributed by atoms with van der Waals surface area (Å²) in [5.74, 6) is -0.349. The molecule has 3 N–H and O–H groups in total. The van der Waals surface area contributed by atoms with Crippen molar-refractivity contribution in [3.63, 3.8) is 0 Å². The molecule has 18 heavy (non-hydrogen) atoms. The number of primary amides is 1. The van der Waals surface area contributed by atoms with E-state index in [-0.39, 0.29) is 11.9 Å². The van der Waals surface area contributed by atoms with Gasteiger partial charge in [-0.2, -0.15) is 0 Å². The number of hydrogen-bond acceptors (Lipinski definition) is 3. The van der Waals surface area contributed by atoms with E-state index in [0.717, 1.165) is 0 Å². The number of aryl methyl sites for hydroxylation is 2. The molecular weight excluding hydrogens is 228 g/mol. The summed E-state index contributed by atoms with van der Waals surface area (Å²) in [5, 5.41) is 9.69. The largest absolute Gasteiger partial charge is 0.392 e. The Bertz CT molecular complexity index is 439. The van der Waals surface area contributed by atoms with Crippen LogP contribution in [0.1, 0.15) is 23.1 Å². The van der Waals surface area contributed by atoms with Gasteiger partial charge in [-0.3, -0.25) is 9.69 Å². The SMILES string of the molecule is Cc1cccc(C)c1CN1C[C@H](O)C[C@@H]1C(N)=O. The van der Waals surface area contributed by atoms with Crippen molar-refractivity contribution >= 4 is 5.91 Å². The molecule has 0 bridgehead atoms. The van der Waals surface area contributed by atoms with Crippen molar-refractivity contribution in [2.75, 3.05) is 6.54 Å². The average Bonchev–Trinajstić information content (AvgIpc) is 2.65. The number of carbonyl (C=O) groups excluding carboxylic acids is 1.